The Kier molecular flexibility index (Phi) is 14.6. The molecule has 0 aliphatic carbocycles. The number of para-hydroxylation sites is 1. The molecule has 0 aliphatic rings. The normalized spacial score (nSPS) is 11.1. The fourth-order valence-electron chi connectivity index (χ4n) is 4.11. The van der Waals surface area contributed by atoms with Crippen molar-refractivity contribution in [2.75, 3.05) is 16.3 Å². The van der Waals surface area contributed by atoms with Crippen LogP contribution in [-0.2, 0) is 11.0 Å². The van der Waals surface area contributed by atoms with Gasteiger partial charge in [0.2, 0.25) is 6.41 Å². The Morgan fingerprint density at radius 3 is 2.02 bits per heavy atom. The summed E-state index contributed by atoms with van der Waals surface area (Å²) in [5, 5.41) is 0. The van der Waals surface area contributed by atoms with Crippen molar-refractivity contribution < 1.29 is 18.0 Å². The molecule has 0 spiro atoms. The third-order valence-corrected chi connectivity index (χ3v) is 6.27. The fourth-order valence-corrected chi connectivity index (χ4v) is 4.11. The molecule has 0 saturated heterocycles. The lowest BCUT2D eigenvalue weighted by molar-refractivity contribution is -0.137. The van der Waals surface area contributed by atoms with Crippen LogP contribution < -0.4 is 9.80 Å². The van der Waals surface area contributed by atoms with Gasteiger partial charge < -0.3 is 9.80 Å². The molecule has 40 heavy (non-hydrogen) atoms. The van der Waals surface area contributed by atoms with E-state index in [4.69, 9.17) is 0 Å². The number of allylic oxidation sites excluding steroid dienone is 2. The van der Waals surface area contributed by atoms with Gasteiger partial charge in [0.05, 0.1) is 16.9 Å². The zero-order valence-corrected chi connectivity index (χ0v) is 24.6. The van der Waals surface area contributed by atoms with Gasteiger partial charge in [0.15, 0.2) is 0 Å². The molecule has 0 fully saturated rings. The number of carbonyl (C=O) groups is 1. The molecule has 0 radical (unpaired) electrons. The maximum Gasteiger partial charge on any atom is 0.416 e. The van der Waals surface area contributed by atoms with Crippen molar-refractivity contribution in [1.82, 2.24) is 0 Å². The second-order valence-corrected chi connectivity index (χ2v) is 8.91. The van der Waals surface area contributed by atoms with Gasteiger partial charge in [-0.15, -0.1) is 6.58 Å². The van der Waals surface area contributed by atoms with Crippen molar-refractivity contribution in [3.8, 4) is 0 Å². The van der Waals surface area contributed by atoms with E-state index in [0.717, 1.165) is 29.7 Å². The first-order chi connectivity index (χ1) is 19.1. The molecule has 3 rings (SSSR count). The van der Waals surface area contributed by atoms with E-state index in [2.05, 4.69) is 20.1 Å². The molecular formula is C34H43F3N2O. The molecule has 0 aromatic heterocycles. The number of anilines is 3. The van der Waals surface area contributed by atoms with Crippen LogP contribution >= 0.6 is 0 Å². The number of carbonyl (C=O) groups excluding carboxylic acids is 1. The number of unbranched alkanes of at least 4 members (excludes halogenated alkanes) is 1. The Morgan fingerprint density at radius 1 is 0.950 bits per heavy atom. The van der Waals surface area contributed by atoms with Gasteiger partial charge in [0, 0.05) is 23.8 Å². The van der Waals surface area contributed by atoms with Crippen molar-refractivity contribution in [1.29, 1.82) is 0 Å². The Morgan fingerprint density at radius 2 is 1.55 bits per heavy atom. The van der Waals surface area contributed by atoms with E-state index in [0.29, 0.717) is 30.0 Å². The van der Waals surface area contributed by atoms with E-state index >= 15 is 0 Å². The van der Waals surface area contributed by atoms with Crippen LogP contribution in [0.1, 0.15) is 70.1 Å². The minimum atomic E-state index is -4.53. The first-order valence-electron chi connectivity index (χ1n) is 13.7. The molecule has 0 saturated carbocycles. The smallest absolute Gasteiger partial charge is 0.313 e. The standard InChI is InChI=1S/C27H27F3N2O.C5H10.C2H6/c1-5-31(18-33)25-16-15-22(27(28,29)30)17-26(25)32(23-12-7-6-8-13-23)21(4)20(3)24-14-10-9-11-19(24)2;1-3-5-4-2;1-2/h6-18,20H,4-5H2,1-3H3;3H,1,4-5H2,2H3;1-2H3. The second-order valence-electron chi connectivity index (χ2n) is 8.91. The van der Waals surface area contributed by atoms with E-state index in [9.17, 15) is 18.0 Å². The van der Waals surface area contributed by atoms with Gasteiger partial charge in [-0.05, 0) is 61.7 Å². The minimum absolute atomic E-state index is 0.194. The lowest BCUT2D eigenvalue weighted by Gasteiger charge is -2.34. The Labute approximate surface area is 238 Å². The average molecular weight is 553 g/mol. The van der Waals surface area contributed by atoms with E-state index in [1.165, 1.54) is 17.4 Å². The summed E-state index contributed by atoms with van der Waals surface area (Å²) in [7, 11) is 0. The summed E-state index contributed by atoms with van der Waals surface area (Å²) < 4.78 is 41.1. The Balaban J connectivity index is 0.00000103. The largest absolute Gasteiger partial charge is 0.416 e. The highest BCUT2D eigenvalue weighted by atomic mass is 19.4. The molecule has 6 heteroatoms. The SMILES string of the molecule is C=C(C(C)c1ccccc1C)N(c1ccccc1)c1cc(C(F)(F)F)ccc1N(C=O)CC.C=CCCC.CC. The second kappa shape index (κ2) is 17.0. The summed E-state index contributed by atoms with van der Waals surface area (Å²) in [6.45, 7) is 20.0. The molecule has 0 bridgehead atoms. The van der Waals surface area contributed by atoms with Crippen molar-refractivity contribution in [3.05, 3.63) is 114 Å². The number of halogens is 3. The van der Waals surface area contributed by atoms with E-state index in [1.54, 1.807) is 11.8 Å². The molecular weight excluding hydrogens is 509 g/mol. The van der Waals surface area contributed by atoms with Crippen molar-refractivity contribution in [3.63, 3.8) is 0 Å². The van der Waals surface area contributed by atoms with E-state index < -0.39 is 11.7 Å². The highest BCUT2D eigenvalue weighted by molar-refractivity contribution is 5.88. The number of alkyl halides is 3. The van der Waals surface area contributed by atoms with Gasteiger partial charge in [0.25, 0.3) is 0 Å². The van der Waals surface area contributed by atoms with Gasteiger partial charge in [-0.25, -0.2) is 0 Å². The van der Waals surface area contributed by atoms with Crippen molar-refractivity contribution in [2.24, 2.45) is 0 Å². The predicted molar refractivity (Wildman–Crippen MR) is 164 cm³/mol. The summed E-state index contributed by atoms with van der Waals surface area (Å²) in [6.07, 6.45) is 0.406. The number of hydrogen-bond donors (Lipinski definition) is 0. The van der Waals surface area contributed by atoms with E-state index in [1.807, 2.05) is 88.4 Å². The summed E-state index contributed by atoms with van der Waals surface area (Å²) in [4.78, 5) is 14.9. The molecule has 3 aromatic rings. The number of hydrogen-bond acceptors (Lipinski definition) is 2. The zero-order chi connectivity index (χ0) is 30.3. The summed E-state index contributed by atoms with van der Waals surface area (Å²) in [6, 6.07) is 20.4. The molecule has 3 nitrogen and oxygen atoms in total. The van der Waals surface area contributed by atoms with Crippen LogP contribution in [0.3, 0.4) is 0 Å². The van der Waals surface area contributed by atoms with E-state index in [-0.39, 0.29) is 11.6 Å². The monoisotopic (exact) mass is 552 g/mol. The summed E-state index contributed by atoms with van der Waals surface area (Å²) >= 11 is 0. The molecule has 216 valence electrons. The highest BCUT2D eigenvalue weighted by Crippen LogP contribution is 2.43. The minimum Gasteiger partial charge on any atom is -0.313 e. The maximum atomic E-state index is 13.7. The fraction of sp³-hybridized carbons (Fsp3) is 0.324. The molecule has 3 aromatic carbocycles. The molecule has 0 N–H and O–H groups in total. The van der Waals surface area contributed by atoms with Gasteiger partial charge in [-0.2, -0.15) is 13.2 Å². The first kappa shape index (κ1) is 34.2. The first-order valence-corrected chi connectivity index (χ1v) is 13.7. The molecule has 1 amide bonds. The molecule has 1 atom stereocenters. The van der Waals surface area contributed by atoms with Crippen LogP contribution in [0.5, 0.6) is 0 Å². The third kappa shape index (κ3) is 9.15. The number of nitrogens with zero attached hydrogens (tertiary/aromatic N) is 2. The average Bonchev–Trinajstić information content (AvgIpc) is 2.96. The number of benzene rings is 3. The Hall–Kier alpha value is -3.80. The molecule has 0 aliphatic heterocycles. The van der Waals surface area contributed by atoms with Crippen molar-refractivity contribution in [2.45, 2.75) is 66.5 Å². The molecule has 0 heterocycles. The summed E-state index contributed by atoms with van der Waals surface area (Å²) in [5.41, 5.74) is 3.17. The van der Waals surface area contributed by atoms with Gasteiger partial charge in [-0.1, -0.05) is 89.2 Å². The number of rotatable bonds is 10. The van der Waals surface area contributed by atoms with Gasteiger partial charge in [0.1, 0.15) is 0 Å². The van der Waals surface area contributed by atoms with Gasteiger partial charge in [-0.3, -0.25) is 4.79 Å². The third-order valence-electron chi connectivity index (χ3n) is 6.27. The van der Waals surface area contributed by atoms with Gasteiger partial charge >= 0.3 is 6.18 Å². The zero-order valence-electron chi connectivity index (χ0n) is 24.6. The predicted octanol–water partition coefficient (Wildman–Crippen LogP) is 10.5. The van der Waals surface area contributed by atoms with Crippen LogP contribution in [0.25, 0.3) is 0 Å². The lowest BCUT2D eigenvalue weighted by atomic mass is 9.92. The molecule has 1 unspecified atom stereocenters. The van der Waals surface area contributed by atoms with Crippen LogP contribution in [0, 0.1) is 6.92 Å². The van der Waals surface area contributed by atoms with Crippen molar-refractivity contribution >= 4 is 23.5 Å². The van der Waals surface area contributed by atoms with Crippen LogP contribution in [0.2, 0.25) is 0 Å². The van der Waals surface area contributed by atoms with Crippen LogP contribution in [0.4, 0.5) is 30.2 Å². The topological polar surface area (TPSA) is 23.6 Å². The number of aryl methyl sites for hydroxylation is 1. The van der Waals surface area contributed by atoms with Crippen LogP contribution in [-0.4, -0.2) is 13.0 Å². The highest BCUT2D eigenvalue weighted by Gasteiger charge is 2.33. The lowest BCUT2D eigenvalue weighted by Crippen LogP contribution is -2.26. The maximum absolute atomic E-state index is 13.7. The van der Waals surface area contributed by atoms with Crippen LogP contribution in [0.15, 0.2) is 97.7 Å². The summed E-state index contributed by atoms with van der Waals surface area (Å²) in [5.74, 6) is -0.194. The number of amides is 1. The quantitative estimate of drug-likeness (QED) is 0.184. The Bertz CT molecular complexity index is 1210.